The van der Waals surface area contributed by atoms with Gasteiger partial charge < -0.3 is 24.1 Å². The van der Waals surface area contributed by atoms with E-state index in [9.17, 15) is 4.79 Å². The molecule has 19 heavy (non-hydrogen) atoms. The Balaban J connectivity index is 2.76. The van der Waals surface area contributed by atoms with E-state index >= 15 is 0 Å². The van der Waals surface area contributed by atoms with Crippen molar-refractivity contribution in [2.45, 2.75) is 25.8 Å². The molecule has 1 heterocycles. The molecule has 0 bridgehead atoms. The molecular formula is C13H22N2O4. The number of rotatable bonds is 8. The van der Waals surface area contributed by atoms with Gasteiger partial charge in [0.15, 0.2) is 6.29 Å². The Hall–Kier alpha value is -1.37. The largest absolute Gasteiger partial charge is 0.383 e. The maximum absolute atomic E-state index is 11.6. The maximum Gasteiger partial charge on any atom is 0.250 e. The topological polar surface area (TPSA) is 61.7 Å². The molecule has 1 aromatic heterocycles. The van der Waals surface area contributed by atoms with E-state index in [1.807, 2.05) is 6.92 Å². The zero-order chi connectivity index (χ0) is 14.3. The highest BCUT2D eigenvalue weighted by atomic mass is 16.7. The van der Waals surface area contributed by atoms with Crippen LogP contribution in [-0.2, 0) is 20.8 Å². The number of pyridine rings is 1. The molecule has 1 rings (SSSR count). The van der Waals surface area contributed by atoms with Gasteiger partial charge in [-0.25, -0.2) is 0 Å². The molecule has 0 aliphatic heterocycles. The summed E-state index contributed by atoms with van der Waals surface area (Å²) in [7, 11) is 4.79. The number of ether oxygens (including phenoxy) is 3. The average Bonchev–Trinajstić information content (AvgIpc) is 2.40. The van der Waals surface area contributed by atoms with Gasteiger partial charge in [0.2, 0.25) is 0 Å². The van der Waals surface area contributed by atoms with E-state index in [2.05, 4.69) is 5.32 Å². The summed E-state index contributed by atoms with van der Waals surface area (Å²) >= 11 is 0. The fourth-order valence-corrected chi connectivity index (χ4v) is 1.82. The predicted molar refractivity (Wildman–Crippen MR) is 73.5 cm³/mol. The summed E-state index contributed by atoms with van der Waals surface area (Å²) in [4.78, 5) is 11.6. The van der Waals surface area contributed by atoms with Gasteiger partial charge in [-0.15, -0.1) is 0 Å². The van der Waals surface area contributed by atoms with Crippen molar-refractivity contribution < 1.29 is 14.2 Å². The van der Waals surface area contributed by atoms with Crippen LogP contribution < -0.4 is 10.9 Å². The fraction of sp³-hybridized carbons (Fsp3) is 0.615. The first-order valence-electron chi connectivity index (χ1n) is 6.14. The van der Waals surface area contributed by atoms with E-state index in [1.165, 1.54) is 6.07 Å². The fourth-order valence-electron chi connectivity index (χ4n) is 1.82. The van der Waals surface area contributed by atoms with E-state index in [4.69, 9.17) is 14.2 Å². The minimum Gasteiger partial charge on any atom is -0.383 e. The lowest BCUT2D eigenvalue weighted by atomic mass is 10.3. The lowest BCUT2D eigenvalue weighted by molar-refractivity contribution is -0.109. The summed E-state index contributed by atoms with van der Waals surface area (Å²) in [5, 5.41) is 3.24. The summed E-state index contributed by atoms with van der Waals surface area (Å²) in [6, 6.07) is 3.23. The number of nitrogens with zero attached hydrogens (tertiary/aromatic N) is 1. The summed E-state index contributed by atoms with van der Waals surface area (Å²) < 4.78 is 16.9. The molecule has 6 heteroatoms. The van der Waals surface area contributed by atoms with E-state index in [-0.39, 0.29) is 17.9 Å². The third kappa shape index (κ3) is 4.66. The first-order chi connectivity index (χ1) is 9.12. The average molecular weight is 270 g/mol. The summed E-state index contributed by atoms with van der Waals surface area (Å²) in [5.41, 5.74) is 0.785. The third-order valence-electron chi connectivity index (χ3n) is 2.79. The molecule has 6 nitrogen and oxygen atoms in total. The Morgan fingerprint density at radius 3 is 2.53 bits per heavy atom. The number of nitrogens with one attached hydrogen (secondary N) is 1. The molecule has 0 radical (unpaired) electrons. The van der Waals surface area contributed by atoms with Gasteiger partial charge in [-0.3, -0.25) is 4.79 Å². The van der Waals surface area contributed by atoms with Crippen LogP contribution in [0.25, 0.3) is 0 Å². The second-order valence-corrected chi connectivity index (χ2v) is 4.22. The van der Waals surface area contributed by atoms with Gasteiger partial charge in [0.25, 0.3) is 5.56 Å². The van der Waals surface area contributed by atoms with Crippen molar-refractivity contribution in [3.05, 3.63) is 28.7 Å². The van der Waals surface area contributed by atoms with Crippen molar-refractivity contribution in [2.75, 3.05) is 33.3 Å². The van der Waals surface area contributed by atoms with Crippen molar-refractivity contribution in [3.8, 4) is 0 Å². The van der Waals surface area contributed by atoms with Crippen LogP contribution in [0, 0.1) is 0 Å². The van der Waals surface area contributed by atoms with E-state index in [0.717, 1.165) is 5.69 Å². The lowest BCUT2D eigenvalue weighted by Crippen LogP contribution is -2.34. The SMILES string of the molecule is COCCn1cc(NC(C)C(OC)OC)ccc1=O. The number of hydrogen-bond acceptors (Lipinski definition) is 5. The Morgan fingerprint density at radius 2 is 1.95 bits per heavy atom. The minimum absolute atomic E-state index is 0.0385. The van der Waals surface area contributed by atoms with Gasteiger partial charge >= 0.3 is 0 Å². The maximum atomic E-state index is 11.6. The Morgan fingerprint density at radius 1 is 1.26 bits per heavy atom. The van der Waals surface area contributed by atoms with Crippen molar-refractivity contribution in [1.29, 1.82) is 0 Å². The van der Waals surface area contributed by atoms with Crippen LogP contribution in [0.15, 0.2) is 23.1 Å². The summed E-state index contributed by atoms with van der Waals surface area (Å²) in [5.74, 6) is 0. The summed E-state index contributed by atoms with van der Waals surface area (Å²) in [6.45, 7) is 2.97. The quantitative estimate of drug-likeness (QED) is 0.712. The van der Waals surface area contributed by atoms with Crippen LogP contribution in [-0.4, -0.2) is 44.8 Å². The molecule has 0 aliphatic carbocycles. The van der Waals surface area contributed by atoms with Gasteiger partial charge in [-0.05, 0) is 13.0 Å². The first-order valence-corrected chi connectivity index (χ1v) is 6.14. The van der Waals surface area contributed by atoms with Gasteiger partial charge in [0, 0.05) is 40.1 Å². The van der Waals surface area contributed by atoms with Crippen LogP contribution in [0.2, 0.25) is 0 Å². The lowest BCUT2D eigenvalue weighted by Gasteiger charge is -2.23. The van der Waals surface area contributed by atoms with Crippen molar-refractivity contribution >= 4 is 5.69 Å². The third-order valence-corrected chi connectivity index (χ3v) is 2.79. The highest BCUT2D eigenvalue weighted by molar-refractivity contribution is 5.41. The molecular weight excluding hydrogens is 248 g/mol. The second-order valence-electron chi connectivity index (χ2n) is 4.22. The zero-order valence-corrected chi connectivity index (χ0v) is 11.9. The second kappa shape index (κ2) is 7.93. The Labute approximate surface area is 113 Å². The number of aromatic nitrogens is 1. The molecule has 1 atom stereocenters. The van der Waals surface area contributed by atoms with Crippen LogP contribution in [0.5, 0.6) is 0 Å². The molecule has 0 spiro atoms. The molecule has 1 N–H and O–H groups in total. The molecule has 1 aromatic rings. The number of methoxy groups -OCH3 is 3. The Bertz CT molecular complexity index is 429. The van der Waals surface area contributed by atoms with Gasteiger partial charge in [-0.2, -0.15) is 0 Å². The normalized spacial score (nSPS) is 12.7. The van der Waals surface area contributed by atoms with Crippen LogP contribution in [0.1, 0.15) is 6.92 Å². The van der Waals surface area contributed by atoms with Gasteiger partial charge in [0.1, 0.15) is 0 Å². The number of anilines is 1. The Kier molecular flexibility index (Phi) is 6.55. The van der Waals surface area contributed by atoms with Crippen LogP contribution in [0.3, 0.4) is 0 Å². The molecule has 0 fully saturated rings. The molecule has 0 saturated carbocycles. The zero-order valence-electron chi connectivity index (χ0n) is 11.9. The van der Waals surface area contributed by atoms with E-state index in [1.54, 1.807) is 38.2 Å². The first kappa shape index (κ1) is 15.7. The highest BCUT2D eigenvalue weighted by Gasteiger charge is 2.15. The van der Waals surface area contributed by atoms with E-state index < -0.39 is 0 Å². The smallest absolute Gasteiger partial charge is 0.250 e. The molecule has 0 aromatic carbocycles. The van der Waals surface area contributed by atoms with Crippen molar-refractivity contribution in [2.24, 2.45) is 0 Å². The van der Waals surface area contributed by atoms with Gasteiger partial charge in [-0.1, -0.05) is 0 Å². The summed E-state index contributed by atoms with van der Waals surface area (Å²) in [6.07, 6.45) is 1.42. The van der Waals surface area contributed by atoms with Crippen molar-refractivity contribution in [1.82, 2.24) is 4.57 Å². The molecule has 0 saturated heterocycles. The van der Waals surface area contributed by atoms with Gasteiger partial charge in [0.05, 0.1) is 18.3 Å². The number of hydrogen-bond donors (Lipinski definition) is 1. The van der Waals surface area contributed by atoms with Crippen LogP contribution in [0.4, 0.5) is 5.69 Å². The minimum atomic E-state index is -0.348. The van der Waals surface area contributed by atoms with E-state index in [0.29, 0.717) is 13.2 Å². The standard InChI is InChI=1S/C13H22N2O4/c1-10(13(18-3)19-4)14-11-5-6-12(16)15(9-11)7-8-17-2/h5-6,9-10,13-14H,7-8H2,1-4H3. The van der Waals surface area contributed by atoms with Crippen molar-refractivity contribution in [3.63, 3.8) is 0 Å². The molecule has 1 unspecified atom stereocenters. The monoisotopic (exact) mass is 270 g/mol. The molecule has 108 valence electrons. The highest BCUT2D eigenvalue weighted by Crippen LogP contribution is 2.09. The molecule has 0 aliphatic rings. The van der Waals surface area contributed by atoms with Crippen LogP contribution >= 0.6 is 0 Å². The molecule has 0 amide bonds. The predicted octanol–water partition coefficient (Wildman–Crippen LogP) is 0.914.